The number of hydrogen-bond donors (Lipinski definition) is 2. The Hall–Kier alpha value is -2.46. The van der Waals surface area contributed by atoms with Gasteiger partial charge in [0.25, 0.3) is 0 Å². The van der Waals surface area contributed by atoms with Crippen molar-refractivity contribution in [2.45, 2.75) is 64.6 Å². The zero-order chi connectivity index (χ0) is 25.6. The summed E-state index contributed by atoms with van der Waals surface area (Å²) in [4.78, 5) is 2.49. The fourth-order valence-corrected chi connectivity index (χ4v) is 5.74. The quantitative estimate of drug-likeness (QED) is 0.353. The first-order chi connectivity index (χ1) is 17.3. The van der Waals surface area contributed by atoms with E-state index in [1.54, 1.807) is 0 Å². The maximum absolute atomic E-state index is 12.1. The average Bonchev–Trinajstić information content (AvgIpc) is 2.89. The lowest BCUT2D eigenvalue weighted by Gasteiger charge is -2.42. The lowest BCUT2D eigenvalue weighted by Crippen LogP contribution is -2.44. The van der Waals surface area contributed by atoms with Gasteiger partial charge in [-0.2, -0.15) is 0 Å². The average molecular weight is 486 g/mol. The van der Waals surface area contributed by atoms with E-state index in [0.717, 1.165) is 68.4 Å². The maximum Gasteiger partial charge on any atom is 0.117 e. The maximum atomic E-state index is 12.1. The summed E-state index contributed by atoms with van der Waals surface area (Å²) in [6.07, 6.45) is 4.29. The minimum Gasteiger partial charge on any atom is -0.388 e. The summed E-state index contributed by atoms with van der Waals surface area (Å²) in [6, 6.07) is 28.8. The van der Waals surface area contributed by atoms with Crippen molar-refractivity contribution in [3.63, 3.8) is 0 Å². The van der Waals surface area contributed by atoms with Gasteiger partial charge in [-0.1, -0.05) is 106 Å². The molecular weight excluding hydrogens is 442 g/mol. The van der Waals surface area contributed by atoms with Crippen LogP contribution in [0.25, 0.3) is 0 Å². The molecule has 3 aromatic rings. The van der Waals surface area contributed by atoms with Crippen molar-refractivity contribution in [1.82, 2.24) is 4.90 Å². The standard InChI is InChI=1S/C33H43NO2/c1-32(2,3)25-26-16-18-27(19-17-26)31(35)15-10-22-34-23-20-30(21-24-34)33(36,28-11-6-4-7-12-28)29-13-8-5-9-14-29/h4-9,11-14,16-19,30-31,35-36H,10,15,20-25H2,1-3H3. The van der Waals surface area contributed by atoms with Crippen LogP contribution in [-0.2, 0) is 12.0 Å². The monoisotopic (exact) mass is 485 g/mol. The van der Waals surface area contributed by atoms with Crippen LogP contribution in [-0.4, -0.2) is 34.7 Å². The van der Waals surface area contributed by atoms with Crippen molar-refractivity contribution in [2.75, 3.05) is 19.6 Å². The summed E-state index contributed by atoms with van der Waals surface area (Å²) in [5.74, 6) is 0.177. The Morgan fingerprint density at radius 1 is 0.806 bits per heavy atom. The first-order valence-corrected chi connectivity index (χ1v) is 13.6. The van der Waals surface area contributed by atoms with Gasteiger partial charge in [0.1, 0.15) is 5.60 Å². The summed E-state index contributed by atoms with van der Waals surface area (Å²) < 4.78 is 0. The smallest absolute Gasteiger partial charge is 0.117 e. The first-order valence-electron chi connectivity index (χ1n) is 13.6. The van der Waals surface area contributed by atoms with Gasteiger partial charge < -0.3 is 15.1 Å². The predicted octanol–water partition coefficient (Wildman–Crippen LogP) is 6.74. The third-order valence-corrected chi connectivity index (χ3v) is 7.66. The van der Waals surface area contributed by atoms with Crippen LogP contribution in [0.1, 0.15) is 74.8 Å². The fourth-order valence-electron chi connectivity index (χ4n) is 5.74. The topological polar surface area (TPSA) is 43.7 Å². The normalized spacial score (nSPS) is 16.7. The molecule has 1 aliphatic heterocycles. The number of aliphatic hydroxyl groups excluding tert-OH is 1. The molecule has 1 saturated heterocycles. The molecule has 1 fully saturated rings. The zero-order valence-corrected chi connectivity index (χ0v) is 22.2. The molecule has 0 aromatic heterocycles. The minimum absolute atomic E-state index is 0.177. The van der Waals surface area contributed by atoms with E-state index in [1.807, 2.05) is 36.4 Å². The SMILES string of the molecule is CC(C)(C)Cc1ccc(C(O)CCCN2CCC(C(O)(c3ccccc3)c3ccccc3)CC2)cc1. The van der Waals surface area contributed by atoms with Gasteiger partial charge in [-0.15, -0.1) is 0 Å². The Labute approximate surface area is 217 Å². The molecule has 1 atom stereocenters. The summed E-state index contributed by atoms with van der Waals surface area (Å²) >= 11 is 0. The van der Waals surface area contributed by atoms with Gasteiger partial charge in [0, 0.05) is 0 Å². The number of hydrogen-bond acceptors (Lipinski definition) is 3. The number of rotatable bonds is 9. The molecular formula is C33H43NO2. The van der Waals surface area contributed by atoms with Crippen LogP contribution in [0, 0.1) is 11.3 Å². The van der Waals surface area contributed by atoms with Gasteiger partial charge in [0.05, 0.1) is 6.10 Å². The number of likely N-dealkylation sites (tertiary alicyclic amines) is 1. The van der Waals surface area contributed by atoms with E-state index in [2.05, 4.69) is 74.2 Å². The van der Waals surface area contributed by atoms with Crippen LogP contribution >= 0.6 is 0 Å². The number of aliphatic hydroxyl groups is 2. The minimum atomic E-state index is -0.968. The highest BCUT2D eigenvalue weighted by Crippen LogP contribution is 2.42. The third-order valence-electron chi connectivity index (χ3n) is 7.66. The molecule has 3 nitrogen and oxygen atoms in total. The molecule has 1 unspecified atom stereocenters. The molecule has 3 aromatic carbocycles. The third kappa shape index (κ3) is 6.64. The molecule has 0 spiro atoms. The second-order valence-electron chi connectivity index (χ2n) is 11.8. The van der Waals surface area contributed by atoms with Gasteiger partial charge in [-0.25, -0.2) is 0 Å². The van der Waals surface area contributed by atoms with Gasteiger partial charge in [-0.3, -0.25) is 0 Å². The van der Waals surface area contributed by atoms with Crippen molar-refractivity contribution in [3.05, 3.63) is 107 Å². The van der Waals surface area contributed by atoms with Crippen LogP contribution in [0.15, 0.2) is 84.9 Å². The lowest BCUT2D eigenvalue weighted by molar-refractivity contribution is -0.0146. The molecule has 1 aliphatic rings. The summed E-state index contributed by atoms with van der Waals surface area (Å²) in [7, 11) is 0. The number of nitrogens with zero attached hydrogens (tertiary/aromatic N) is 1. The van der Waals surface area contributed by atoms with Crippen molar-refractivity contribution in [3.8, 4) is 0 Å². The Kier molecular flexibility index (Phi) is 8.66. The molecule has 0 amide bonds. The molecule has 36 heavy (non-hydrogen) atoms. The van der Waals surface area contributed by atoms with Gasteiger partial charge in [0.2, 0.25) is 0 Å². The molecule has 4 rings (SSSR count). The fraction of sp³-hybridized carbons (Fsp3) is 0.455. The predicted molar refractivity (Wildman–Crippen MR) is 149 cm³/mol. The molecule has 0 bridgehead atoms. The van der Waals surface area contributed by atoms with Crippen LogP contribution < -0.4 is 0 Å². The number of piperidine rings is 1. The Bertz CT molecular complexity index is 1010. The molecule has 3 heteroatoms. The van der Waals surface area contributed by atoms with E-state index in [9.17, 15) is 10.2 Å². The van der Waals surface area contributed by atoms with E-state index < -0.39 is 11.7 Å². The van der Waals surface area contributed by atoms with E-state index in [1.165, 1.54) is 5.56 Å². The van der Waals surface area contributed by atoms with Crippen molar-refractivity contribution >= 4 is 0 Å². The Morgan fingerprint density at radius 3 is 1.83 bits per heavy atom. The molecule has 0 saturated carbocycles. The largest absolute Gasteiger partial charge is 0.388 e. The highest BCUT2D eigenvalue weighted by atomic mass is 16.3. The molecule has 0 aliphatic carbocycles. The number of benzene rings is 3. The van der Waals surface area contributed by atoms with Crippen LogP contribution in [0.3, 0.4) is 0 Å². The Morgan fingerprint density at radius 2 is 1.33 bits per heavy atom. The van der Waals surface area contributed by atoms with Crippen molar-refractivity contribution in [1.29, 1.82) is 0 Å². The van der Waals surface area contributed by atoms with Crippen LogP contribution in [0.4, 0.5) is 0 Å². The molecule has 2 N–H and O–H groups in total. The van der Waals surface area contributed by atoms with Gasteiger partial charge in [0.15, 0.2) is 0 Å². The highest BCUT2D eigenvalue weighted by Gasteiger charge is 2.41. The summed E-state index contributed by atoms with van der Waals surface area (Å²) in [5.41, 5.74) is 3.60. The van der Waals surface area contributed by atoms with E-state index in [4.69, 9.17) is 0 Å². The van der Waals surface area contributed by atoms with Crippen LogP contribution in [0.2, 0.25) is 0 Å². The van der Waals surface area contributed by atoms with Crippen molar-refractivity contribution < 1.29 is 10.2 Å². The van der Waals surface area contributed by atoms with Crippen molar-refractivity contribution in [2.24, 2.45) is 11.3 Å². The second-order valence-corrected chi connectivity index (χ2v) is 11.8. The van der Waals surface area contributed by atoms with Crippen LogP contribution in [0.5, 0.6) is 0 Å². The van der Waals surface area contributed by atoms with E-state index in [0.29, 0.717) is 0 Å². The second kappa shape index (κ2) is 11.7. The molecule has 1 heterocycles. The van der Waals surface area contributed by atoms with E-state index >= 15 is 0 Å². The lowest BCUT2D eigenvalue weighted by atomic mass is 9.72. The highest BCUT2D eigenvalue weighted by molar-refractivity contribution is 5.37. The van der Waals surface area contributed by atoms with Gasteiger partial charge >= 0.3 is 0 Å². The van der Waals surface area contributed by atoms with E-state index in [-0.39, 0.29) is 11.3 Å². The first kappa shape index (κ1) is 26.6. The Balaban J connectivity index is 1.29. The molecule has 192 valence electrons. The summed E-state index contributed by atoms with van der Waals surface area (Å²) in [5, 5.41) is 22.8. The zero-order valence-electron chi connectivity index (χ0n) is 22.2. The summed E-state index contributed by atoms with van der Waals surface area (Å²) in [6.45, 7) is 9.70. The molecule has 0 radical (unpaired) electrons. The van der Waals surface area contributed by atoms with Gasteiger partial charge in [-0.05, 0) is 85.3 Å².